The fraction of sp³-hybridized carbons (Fsp3) is 0.275. The summed E-state index contributed by atoms with van der Waals surface area (Å²) in [6.45, 7) is 16.7. The third-order valence-corrected chi connectivity index (χ3v) is 22.9. The number of aromatic amines is 3. The van der Waals surface area contributed by atoms with E-state index >= 15 is 0 Å². The van der Waals surface area contributed by atoms with Gasteiger partial charge in [0.15, 0.2) is 38.3 Å². The standard InChI is InChI=1S/C15H16N2O4.C14H15N3O3.C13H11IN4O2.C13H12N4O2.C12H12NO2P.C11H20BO3.C9H10O3.C5H7N3O2.C5H6N2O2.C4H9.CH4.I2.Li/c1-20-15(19)14-7-16-11-17(14)8-13(18)10-21-9-12-5-3-2-4-6-12;15-14(19)13-6-16-10-17(13)7-12(18)9-20-8-11-4-2-1-3-5-11;14-13-15-6-10-12(19)16-11(17-18(10)13)8-20-7-9-4-2-1-3-5-9;18-13-11-6-14-9-17(11)16-12(15-13)8-19-7-10-4-2-1-3-5-10;13-15-16(14,11-7-3-1-4-8-11)12-9-5-2-6-10-12;1-10(2,13)11(3,4)15-12-9-5-7-14-8-6-9;10-9(11)7-12-6-8-4-2-1-3-5-8;1-10-5(9)4-2-7-3-8(4)6;1-9-5(8)4-2-6-3-7-4;1-3-4-2;;1-2;/h2-7,11H,8-10H2,1H3;1-6,10H,7-9H2,(H2,15,19);1-6H,7-8H2,(H,16,17,19);1-6,9H,7-8H2,(H,15,16,18);1-10H,13H2;5,13H,6-8H2,1-4H3;1-5H,6-7H2,(H,10,11);2-3H,6H2,1H3;2-3H,1H3,(H,6,7);1,3-4H2,2H3;1H4;;/q;;;;;;;;;-1;;;+1. The third kappa shape index (κ3) is 47.5. The van der Waals surface area contributed by atoms with Crippen LogP contribution in [-0.4, -0.2) is 203 Å². The largest absolute Gasteiger partial charge is 1.00 e. The number of aliphatic hydroxyl groups is 1. The van der Waals surface area contributed by atoms with Crippen LogP contribution in [0.3, 0.4) is 0 Å². The molecular weight excluding hydrogens is 2290 g/mol. The molecule has 0 fully saturated rings. The van der Waals surface area contributed by atoms with E-state index in [1.807, 2.05) is 231 Å². The van der Waals surface area contributed by atoms with Gasteiger partial charge in [-0.3, -0.25) is 28.5 Å². The van der Waals surface area contributed by atoms with Crippen LogP contribution in [0.4, 0.5) is 0 Å². The zero-order valence-corrected chi connectivity index (χ0v) is 90.9. The fourth-order valence-corrected chi connectivity index (χ4v) is 13.8. The number of hydrogen-bond acceptors (Lipinski definition) is 32. The Kier molecular flexibility index (Phi) is 62.4. The Hall–Kier alpha value is -13.0. The third-order valence-electron chi connectivity index (χ3n) is 19.9. The maximum absolute atomic E-state index is 12.6. The van der Waals surface area contributed by atoms with E-state index in [4.69, 9.17) is 60.3 Å². The smallest absolute Gasteiger partial charge is 0.480 e. The van der Waals surface area contributed by atoms with Crippen molar-refractivity contribution in [3.8, 4) is 0 Å². The number of benzene rings is 7. The van der Waals surface area contributed by atoms with Crippen LogP contribution in [0.25, 0.3) is 11.0 Å². The number of amides is 1. The molecule has 793 valence electrons. The predicted molar refractivity (Wildman–Crippen MR) is 585 cm³/mol. The number of nitrogens with zero attached hydrogens (tertiary/aromatic N) is 13. The number of rotatable bonds is 36. The van der Waals surface area contributed by atoms with Crippen molar-refractivity contribution < 1.29 is 119 Å². The molecule has 0 unspecified atom stereocenters. The molecule has 8 aromatic heterocycles. The number of ketones is 2. The van der Waals surface area contributed by atoms with Crippen LogP contribution in [-0.2, 0) is 130 Å². The second kappa shape index (κ2) is 72.4. The number of H-pyrrole nitrogens is 3. The number of carboxylic acid groups (broad SMARTS) is 1. The van der Waals surface area contributed by atoms with Crippen LogP contribution in [0, 0.1) is 10.8 Å². The summed E-state index contributed by atoms with van der Waals surface area (Å²) in [5.74, 6) is 8.19. The van der Waals surface area contributed by atoms with Crippen molar-refractivity contribution in [1.29, 1.82) is 0 Å². The average Bonchev–Trinajstić information content (AvgIpc) is 1.16. The van der Waals surface area contributed by atoms with Crippen molar-refractivity contribution in [2.75, 3.05) is 60.2 Å². The molecule has 0 spiro atoms. The number of primary amides is 1. The van der Waals surface area contributed by atoms with E-state index in [9.17, 15) is 52.8 Å². The Bertz CT molecular complexity index is 6570. The van der Waals surface area contributed by atoms with E-state index in [-0.39, 0.29) is 112 Å². The van der Waals surface area contributed by atoms with Crippen molar-refractivity contribution in [1.82, 2.24) is 77.9 Å². The minimum absolute atomic E-state index is 0. The molecule has 9 heterocycles. The van der Waals surface area contributed by atoms with Crippen molar-refractivity contribution in [2.24, 2.45) is 11.6 Å². The van der Waals surface area contributed by atoms with Crippen LogP contribution < -0.4 is 58.1 Å². The van der Waals surface area contributed by atoms with Gasteiger partial charge in [-0.05, 0) is 86.2 Å². The molecule has 0 saturated heterocycles. The molecule has 11 N–H and O–H groups in total. The van der Waals surface area contributed by atoms with Gasteiger partial charge in [-0.25, -0.2) is 73.3 Å². The van der Waals surface area contributed by atoms with E-state index in [2.05, 4.69) is 120 Å². The van der Waals surface area contributed by atoms with Gasteiger partial charge in [0.05, 0.1) is 141 Å². The van der Waals surface area contributed by atoms with E-state index in [1.54, 1.807) is 45.6 Å². The van der Waals surface area contributed by atoms with Crippen LogP contribution >= 0.6 is 67.2 Å². The molecule has 1 amide bonds. The molecule has 15 aromatic rings. The summed E-state index contributed by atoms with van der Waals surface area (Å²) in [4.78, 5) is 132. The minimum Gasteiger partial charge on any atom is -0.480 e. The number of halogens is 3. The maximum atomic E-state index is 12.6. The second-order valence-electron chi connectivity index (χ2n) is 31.6. The van der Waals surface area contributed by atoms with Gasteiger partial charge in [0.1, 0.15) is 68.3 Å². The van der Waals surface area contributed by atoms with Gasteiger partial charge in [-0.2, -0.15) is 11.5 Å². The number of ether oxygens (including phenoxy) is 9. The number of unbranched alkanes of at least 4 members (excludes halogenated alkanes) is 1. The Labute approximate surface area is 917 Å². The Balaban J connectivity index is 0.000000352. The van der Waals surface area contributed by atoms with Crippen LogP contribution in [0.1, 0.15) is 143 Å². The first-order valence-corrected chi connectivity index (χ1v) is 54.0. The van der Waals surface area contributed by atoms with Crippen molar-refractivity contribution >= 4 is 138 Å². The molecule has 42 nitrogen and oxygen atoms in total. The van der Waals surface area contributed by atoms with Gasteiger partial charge >= 0.3 is 50.2 Å². The van der Waals surface area contributed by atoms with Crippen LogP contribution in [0.15, 0.2) is 302 Å². The second-order valence-corrected chi connectivity index (χ2v) is 34.9. The first kappa shape index (κ1) is 129. The Morgan fingerprint density at radius 3 is 1.33 bits per heavy atom. The maximum Gasteiger partial charge on any atom is 1.00 e. The molecule has 0 atom stereocenters. The molecule has 1 radical (unpaired) electrons. The molecule has 0 saturated carbocycles. The number of imidazole rings is 6. The average molecular weight is 2410 g/mol. The summed E-state index contributed by atoms with van der Waals surface area (Å²) in [6.07, 6.45) is 20.6. The SMILES string of the molecule is C.CC(C)(O)C(C)(C)O[B]C1=CCOCC1.COC(=O)c1cnc[nH]1.COC(=O)c1cncn1CC(=O)COCc1ccccc1.COC(=O)c1cncn1N.II.NC(=O)c1cncn1CC(=O)COCc1ccccc1.NOP(=O)(c1ccccc1)c1ccccc1.O=C(O)COCc1ccccc1.O=c1[nH]c(COCc2ccccc2)nn2c(I)ncc12.O=c1[nH]c(COCc2ccccc2)nn2cncc12.[CH2-]CCC.[Li+]. The summed E-state index contributed by atoms with van der Waals surface area (Å²) in [5, 5.41) is 27.8. The van der Waals surface area contributed by atoms with E-state index < -0.39 is 48.4 Å². The number of esters is 3. The molecule has 1 aliphatic rings. The summed E-state index contributed by atoms with van der Waals surface area (Å²) in [5.41, 5.74) is 11.5. The number of aliphatic carboxylic acids is 1. The number of Topliss-reactive ketones (excluding diaryl/α,β-unsaturated/α-hetero) is 2. The molecule has 0 aliphatic carbocycles. The number of aromatic nitrogens is 16. The number of fused-ring (bicyclic) bond motifs is 2. The number of nitrogens with two attached hydrogens (primary N) is 3. The van der Waals surface area contributed by atoms with Gasteiger partial charge in [0.25, 0.3) is 24.4 Å². The number of carbonyl (C=O) groups excluding carboxylic acids is 6. The molecular formula is C102H122BI3LiN19O23P. The number of nitrogen functional groups attached to an aromatic ring is 1. The molecule has 7 aromatic carbocycles. The van der Waals surface area contributed by atoms with Crippen LogP contribution in [0.5, 0.6) is 0 Å². The number of carboxylic acids is 1. The summed E-state index contributed by atoms with van der Waals surface area (Å²) >= 11 is 6.27. The number of methoxy groups -OCH3 is 3. The van der Waals surface area contributed by atoms with Crippen molar-refractivity contribution in [2.45, 2.75) is 132 Å². The Morgan fingerprint density at radius 1 is 0.533 bits per heavy atom. The van der Waals surface area contributed by atoms with Crippen molar-refractivity contribution in [3.63, 3.8) is 0 Å². The predicted octanol–water partition coefficient (Wildman–Crippen LogP) is 10.3. The van der Waals surface area contributed by atoms with E-state index in [0.29, 0.717) is 82.5 Å². The van der Waals surface area contributed by atoms with Crippen molar-refractivity contribution in [3.05, 3.63) is 386 Å². The quantitative estimate of drug-likeness (QED) is 0.00264. The van der Waals surface area contributed by atoms with Gasteiger partial charge in [0.2, 0.25) is 0 Å². The molecule has 150 heavy (non-hydrogen) atoms. The molecule has 1 aliphatic heterocycles. The summed E-state index contributed by atoms with van der Waals surface area (Å²) in [7, 11) is 2.50. The van der Waals surface area contributed by atoms with Gasteiger partial charge in [-0.1, -0.05) is 220 Å². The molecule has 48 heteroatoms. The van der Waals surface area contributed by atoms with Gasteiger partial charge in [0, 0.05) is 77.0 Å². The van der Waals surface area contributed by atoms with E-state index in [0.717, 1.165) is 57.4 Å². The zero-order chi connectivity index (χ0) is 108. The minimum atomic E-state index is -3.13. The number of carbonyl (C=O) groups is 7. The van der Waals surface area contributed by atoms with Crippen LogP contribution in [0.2, 0.25) is 0 Å². The number of nitrogens with one attached hydrogen (secondary N) is 3. The fourth-order valence-electron chi connectivity index (χ4n) is 11.6. The van der Waals surface area contributed by atoms with Gasteiger partial charge in [-0.15, -0.1) is 5.10 Å². The first-order valence-electron chi connectivity index (χ1n) is 45.1. The summed E-state index contributed by atoms with van der Waals surface area (Å²) < 4.78 is 75.8. The first-order chi connectivity index (χ1) is 71.3. The summed E-state index contributed by atoms with van der Waals surface area (Å²) in [6, 6.07) is 66.2. The normalized spacial score (nSPS) is 10.9. The monoisotopic (exact) mass is 2410 g/mol. The number of hydrogen-bond donors (Lipinski definition) is 8. The molecule has 16 rings (SSSR count). The topological polar surface area (TPSA) is 565 Å². The zero-order valence-electron chi connectivity index (χ0n) is 83.5. The van der Waals surface area contributed by atoms with E-state index in [1.165, 1.54) is 115 Å². The molecule has 0 bridgehead atoms. The van der Waals surface area contributed by atoms with Gasteiger partial charge < -0.3 is 100 Å². The Morgan fingerprint density at radius 2 is 0.933 bits per heavy atom.